The molecular weight excluding hydrogens is 520 g/mol. The second-order valence-corrected chi connectivity index (χ2v) is 11.4. The van der Waals surface area contributed by atoms with Gasteiger partial charge in [-0.2, -0.15) is 0 Å². The van der Waals surface area contributed by atoms with Crippen molar-refractivity contribution in [3.05, 3.63) is 133 Å². The van der Waals surface area contributed by atoms with Gasteiger partial charge in [-0.15, -0.1) is 11.3 Å². The number of hydrogen-bond donors (Lipinski definition) is 0. The van der Waals surface area contributed by atoms with Gasteiger partial charge < -0.3 is 8.98 Å². The molecule has 0 bridgehead atoms. The largest absolute Gasteiger partial charge is 0.456 e. The Labute approximate surface area is 239 Å². The third-order valence-corrected chi connectivity index (χ3v) is 9.19. The van der Waals surface area contributed by atoms with E-state index < -0.39 is 0 Å². The Kier molecular flexibility index (Phi) is 4.77. The van der Waals surface area contributed by atoms with Crippen molar-refractivity contribution < 1.29 is 4.42 Å². The molecule has 0 atom stereocenters. The molecule has 0 N–H and O–H groups in total. The molecule has 0 aliphatic carbocycles. The van der Waals surface area contributed by atoms with Gasteiger partial charge in [0.15, 0.2) is 0 Å². The summed E-state index contributed by atoms with van der Waals surface area (Å²) in [7, 11) is 0. The quantitative estimate of drug-likeness (QED) is 0.222. The van der Waals surface area contributed by atoms with E-state index in [-0.39, 0.29) is 0 Å². The van der Waals surface area contributed by atoms with E-state index >= 15 is 0 Å². The number of rotatable bonds is 3. The Morgan fingerprint density at radius 2 is 1.27 bits per heavy atom. The lowest BCUT2D eigenvalue weighted by molar-refractivity contribution is 0.669. The van der Waals surface area contributed by atoms with Crippen LogP contribution in [0.15, 0.2) is 138 Å². The maximum atomic E-state index is 6.11. The molecule has 9 aromatic rings. The van der Waals surface area contributed by atoms with Gasteiger partial charge in [0.1, 0.15) is 16.2 Å². The fraction of sp³-hybridized carbons (Fsp3) is 0. The van der Waals surface area contributed by atoms with Crippen LogP contribution in [-0.2, 0) is 0 Å². The highest BCUT2D eigenvalue weighted by atomic mass is 32.1. The molecule has 3 heterocycles. The van der Waals surface area contributed by atoms with Crippen LogP contribution in [0.4, 0.5) is 0 Å². The van der Waals surface area contributed by atoms with Crippen LogP contribution in [0.3, 0.4) is 0 Å². The molecule has 41 heavy (non-hydrogen) atoms. The number of fused-ring (bicyclic) bond motifs is 8. The number of aromatic nitrogens is 2. The summed E-state index contributed by atoms with van der Waals surface area (Å²) >= 11 is 1.73. The van der Waals surface area contributed by atoms with E-state index in [9.17, 15) is 0 Å². The third-order valence-electron chi connectivity index (χ3n) is 8.05. The third kappa shape index (κ3) is 3.41. The van der Waals surface area contributed by atoms with E-state index in [1.165, 1.54) is 37.6 Å². The second kappa shape index (κ2) is 8.65. The Morgan fingerprint density at radius 3 is 2.15 bits per heavy atom. The predicted molar refractivity (Wildman–Crippen MR) is 172 cm³/mol. The maximum Gasteiger partial charge on any atom is 0.137 e. The molecule has 0 saturated heterocycles. The zero-order valence-electron chi connectivity index (χ0n) is 21.9. The summed E-state index contributed by atoms with van der Waals surface area (Å²) in [5.41, 5.74) is 9.94. The molecule has 0 saturated carbocycles. The van der Waals surface area contributed by atoms with Gasteiger partial charge >= 0.3 is 0 Å². The molecule has 6 aromatic carbocycles. The molecule has 9 rings (SSSR count). The Hall–Kier alpha value is -5.19. The number of nitrogens with zero attached hydrogens (tertiary/aromatic N) is 2. The molecule has 0 spiro atoms. The van der Waals surface area contributed by atoms with Crippen LogP contribution in [0.5, 0.6) is 0 Å². The Morgan fingerprint density at radius 1 is 0.537 bits per heavy atom. The highest BCUT2D eigenvalue weighted by Gasteiger charge is 2.16. The van der Waals surface area contributed by atoms with Gasteiger partial charge in [0, 0.05) is 32.8 Å². The smallest absolute Gasteiger partial charge is 0.137 e. The lowest BCUT2D eigenvalue weighted by atomic mass is 10.0. The predicted octanol–water partition coefficient (Wildman–Crippen LogP) is 10.6. The van der Waals surface area contributed by atoms with Gasteiger partial charge in [-0.1, -0.05) is 72.8 Å². The van der Waals surface area contributed by atoms with E-state index in [0.717, 1.165) is 43.7 Å². The minimum absolute atomic E-state index is 0.908. The van der Waals surface area contributed by atoms with Crippen molar-refractivity contribution in [3.8, 4) is 27.4 Å². The fourth-order valence-electron chi connectivity index (χ4n) is 6.13. The zero-order valence-corrected chi connectivity index (χ0v) is 22.7. The molecule has 0 radical (unpaired) electrons. The standard InChI is InChI=1S/C37H22N2OS/c1-2-8-23(9-3-1)25-16-20-32-29(22-25)27-10-4-6-12-31(27)39(32)26-17-14-24(15-18-26)37-38-30-19-21-34-35(36(30)41-37)28-11-5-7-13-33(28)40-34/h1-22H. The summed E-state index contributed by atoms with van der Waals surface area (Å²) in [5, 5.41) is 5.82. The molecule has 3 nitrogen and oxygen atoms in total. The maximum absolute atomic E-state index is 6.11. The first-order valence-corrected chi connectivity index (χ1v) is 14.5. The summed E-state index contributed by atoms with van der Waals surface area (Å²) < 4.78 is 9.64. The van der Waals surface area contributed by atoms with Crippen LogP contribution in [0, 0.1) is 0 Å². The van der Waals surface area contributed by atoms with Crippen LogP contribution in [-0.4, -0.2) is 9.55 Å². The second-order valence-electron chi connectivity index (χ2n) is 10.4. The molecular formula is C37H22N2OS. The van der Waals surface area contributed by atoms with Gasteiger partial charge in [-0.25, -0.2) is 4.98 Å². The van der Waals surface area contributed by atoms with Crippen LogP contribution in [0.2, 0.25) is 0 Å². The first-order chi connectivity index (χ1) is 20.3. The summed E-state index contributed by atoms with van der Waals surface area (Å²) in [6.45, 7) is 0. The van der Waals surface area contributed by atoms with Gasteiger partial charge in [0.25, 0.3) is 0 Å². The van der Waals surface area contributed by atoms with Crippen molar-refractivity contribution in [1.29, 1.82) is 0 Å². The van der Waals surface area contributed by atoms with E-state index in [2.05, 4.69) is 120 Å². The van der Waals surface area contributed by atoms with Gasteiger partial charge in [0.2, 0.25) is 0 Å². The first-order valence-electron chi connectivity index (χ1n) is 13.7. The van der Waals surface area contributed by atoms with Gasteiger partial charge in [-0.05, 0) is 71.8 Å². The average molecular weight is 543 g/mol. The minimum atomic E-state index is 0.908. The lowest BCUT2D eigenvalue weighted by Crippen LogP contribution is -1.93. The van der Waals surface area contributed by atoms with Crippen molar-refractivity contribution in [1.82, 2.24) is 9.55 Å². The summed E-state index contributed by atoms with van der Waals surface area (Å²) in [4.78, 5) is 5.02. The van der Waals surface area contributed by atoms with Crippen molar-refractivity contribution in [2.75, 3.05) is 0 Å². The summed E-state index contributed by atoms with van der Waals surface area (Å²) in [6, 6.07) is 47.2. The molecule has 0 aliphatic heterocycles. The SMILES string of the molecule is c1ccc(-c2ccc3c(c2)c2ccccc2n3-c2ccc(-c3nc4ccc5oc6ccccc6c5c4s3)cc2)cc1. The summed E-state index contributed by atoms with van der Waals surface area (Å²) in [5.74, 6) is 0. The van der Waals surface area contributed by atoms with Crippen LogP contribution in [0.25, 0.3) is 81.3 Å². The molecule has 192 valence electrons. The van der Waals surface area contributed by atoms with Crippen molar-refractivity contribution in [2.45, 2.75) is 0 Å². The van der Waals surface area contributed by atoms with E-state index in [0.29, 0.717) is 0 Å². The first kappa shape index (κ1) is 22.6. The van der Waals surface area contributed by atoms with Crippen LogP contribution in [0.1, 0.15) is 0 Å². The van der Waals surface area contributed by atoms with Crippen LogP contribution >= 0.6 is 11.3 Å². The van der Waals surface area contributed by atoms with Crippen molar-refractivity contribution in [2.24, 2.45) is 0 Å². The fourth-order valence-corrected chi connectivity index (χ4v) is 7.25. The monoisotopic (exact) mass is 542 g/mol. The normalized spacial score (nSPS) is 11.9. The highest BCUT2D eigenvalue weighted by Crippen LogP contribution is 2.40. The minimum Gasteiger partial charge on any atom is -0.456 e. The highest BCUT2D eigenvalue weighted by molar-refractivity contribution is 7.22. The molecule has 0 aliphatic rings. The topological polar surface area (TPSA) is 31.0 Å². The summed E-state index contributed by atoms with van der Waals surface area (Å²) in [6.07, 6.45) is 0. The lowest BCUT2D eigenvalue weighted by Gasteiger charge is -2.09. The van der Waals surface area contributed by atoms with E-state index in [1.54, 1.807) is 11.3 Å². The van der Waals surface area contributed by atoms with Crippen molar-refractivity contribution in [3.63, 3.8) is 0 Å². The van der Waals surface area contributed by atoms with E-state index in [1.807, 2.05) is 18.2 Å². The molecule has 0 unspecified atom stereocenters. The number of furan rings is 1. The number of thiazole rings is 1. The number of hydrogen-bond acceptors (Lipinski definition) is 3. The molecule has 0 fully saturated rings. The average Bonchev–Trinajstić information content (AvgIpc) is 3.73. The molecule has 3 aromatic heterocycles. The van der Waals surface area contributed by atoms with Crippen LogP contribution < -0.4 is 0 Å². The Bertz CT molecular complexity index is 2410. The van der Waals surface area contributed by atoms with E-state index in [4.69, 9.17) is 9.40 Å². The molecule has 0 amide bonds. The van der Waals surface area contributed by atoms with Crippen molar-refractivity contribution >= 4 is 65.3 Å². The Balaban J connectivity index is 1.17. The number of benzene rings is 6. The molecule has 4 heteroatoms. The van der Waals surface area contributed by atoms with Gasteiger partial charge in [-0.3, -0.25) is 0 Å². The zero-order chi connectivity index (χ0) is 26.9. The van der Waals surface area contributed by atoms with Gasteiger partial charge in [0.05, 0.1) is 21.3 Å². The number of para-hydroxylation sites is 2.